The molecule has 0 aromatic heterocycles. The second-order valence-corrected chi connectivity index (χ2v) is 4.49. The lowest BCUT2D eigenvalue weighted by molar-refractivity contribution is -0.131. The van der Waals surface area contributed by atoms with Gasteiger partial charge in [-0.2, -0.15) is 5.26 Å². The maximum absolute atomic E-state index is 12.0. The van der Waals surface area contributed by atoms with E-state index < -0.39 is 11.8 Å². The molecule has 0 spiro atoms. The van der Waals surface area contributed by atoms with Gasteiger partial charge in [-0.1, -0.05) is 25.1 Å². The number of nitrogens with one attached hydrogen (secondary N) is 1. The van der Waals surface area contributed by atoms with Crippen molar-refractivity contribution in [1.82, 2.24) is 5.32 Å². The van der Waals surface area contributed by atoms with E-state index in [9.17, 15) is 9.59 Å². The lowest BCUT2D eigenvalue weighted by atomic mass is 9.90. The number of methoxy groups -OCH3 is 1. The van der Waals surface area contributed by atoms with Gasteiger partial charge in [0.15, 0.2) is 11.7 Å². The van der Waals surface area contributed by atoms with Crippen molar-refractivity contribution in [3.8, 4) is 11.8 Å². The first-order chi connectivity index (χ1) is 9.54. The fourth-order valence-electron chi connectivity index (χ4n) is 2.02. The fraction of sp³-hybridized carbons (Fsp3) is 0.400. The number of Topliss-reactive ketones (excluding diaryl/α,β-unsaturated/α-hetero) is 1. The van der Waals surface area contributed by atoms with E-state index in [-0.39, 0.29) is 18.1 Å². The first-order valence-electron chi connectivity index (χ1n) is 6.32. The largest absolute Gasteiger partial charge is 0.496 e. The summed E-state index contributed by atoms with van der Waals surface area (Å²) in [6, 6.07) is 9.14. The van der Waals surface area contributed by atoms with Crippen LogP contribution in [0.3, 0.4) is 0 Å². The first-order valence-corrected chi connectivity index (χ1v) is 6.32. The number of nitrogens with zero attached hydrogens (tertiary/aromatic N) is 1. The molecule has 0 saturated carbocycles. The Hall–Kier alpha value is -2.35. The van der Waals surface area contributed by atoms with Crippen molar-refractivity contribution >= 4 is 11.7 Å². The monoisotopic (exact) mass is 274 g/mol. The zero-order valence-corrected chi connectivity index (χ0v) is 11.8. The molecule has 0 radical (unpaired) electrons. The van der Waals surface area contributed by atoms with Crippen molar-refractivity contribution in [2.24, 2.45) is 5.92 Å². The van der Waals surface area contributed by atoms with E-state index >= 15 is 0 Å². The number of hydrogen-bond donors (Lipinski definition) is 1. The molecule has 0 aliphatic rings. The van der Waals surface area contributed by atoms with Gasteiger partial charge in [0.05, 0.1) is 13.2 Å². The lowest BCUT2D eigenvalue weighted by Crippen LogP contribution is -2.32. The maximum Gasteiger partial charge on any atom is 0.244 e. The van der Waals surface area contributed by atoms with Gasteiger partial charge >= 0.3 is 0 Å². The van der Waals surface area contributed by atoms with Crippen LogP contribution in [0.2, 0.25) is 0 Å². The Bertz CT molecular complexity index is 534. The van der Waals surface area contributed by atoms with Crippen LogP contribution in [0, 0.1) is 17.2 Å². The molecule has 1 amide bonds. The van der Waals surface area contributed by atoms with Gasteiger partial charge in [-0.15, -0.1) is 0 Å². The molecule has 0 heterocycles. The minimum absolute atomic E-state index is 0.117. The third-order valence-electron chi connectivity index (χ3n) is 3.14. The third-order valence-corrected chi connectivity index (χ3v) is 3.14. The van der Waals surface area contributed by atoms with Crippen molar-refractivity contribution in [3.63, 3.8) is 0 Å². The smallest absolute Gasteiger partial charge is 0.244 e. The van der Waals surface area contributed by atoms with Gasteiger partial charge in [0, 0.05) is 13.5 Å². The van der Waals surface area contributed by atoms with Crippen LogP contribution in [0.15, 0.2) is 24.3 Å². The van der Waals surface area contributed by atoms with Gasteiger partial charge < -0.3 is 10.1 Å². The average Bonchev–Trinajstić information content (AvgIpc) is 2.47. The second-order valence-electron chi connectivity index (χ2n) is 4.49. The molecule has 0 saturated heterocycles. The van der Waals surface area contributed by atoms with Gasteiger partial charge in [0.25, 0.3) is 0 Å². The van der Waals surface area contributed by atoms with Gasteiger partial charge in [0.1, 0.15) is 5.75 Å². The molecule has 2 unspecified atom stereocenters. The summed E-state index contributed by atoms with van der Waals surface area (Å²) in [5.41, 5.74) is 0.886. The molecule has 5 heteroatoms. The van der Waals surface area contributed by atoms with E-state index in [4.69, 9.17) is 10.00 Å². The number of rotatable bonds is 6. The van der Waals surface area contributed by atoms with Crippen molar-refractivity contribution in [1.29, 1.82) is 5.26 Å². The number of hydrogen-bond acceptors (Lipinski definition) is 4. The molecular weight excluding hydrogens is 256 g/mol. The van der Waals surface area contributed by atoms with Crippen LogP contribution in [0.5, 0.6) is 5.75 Å². The number of ketones is 1. The molecule has 1 aromatic rings. The summed E-state index contributed by atoms with van der Waals surface area (Å²) in [6.45, 7) is 1.87. The average molecular weight is 274 g/mol. The Morgan fingerprint density at radius 2 is 2.05 bits per heavy atom. The Balaban J connectivity index is 2.85. The highest BCUT2D eigenvalue weighted by atomic mass is 16.5. The summed E-state index contributed by atoms with van der Waals surface area (Å²) in [5.74, 6) is -1.63. The van der Waals surface area contributed by atoms with E-state index in [2.05, 4.69) is 5.32 Å². The molecular formula is C15H18N2O3. The quantitative estimate of drug-likeness (QED) is 0.800. The van der Waals surface area contributed by atoms with Crippen molar-refractivity contribution in [2.75, 3.05) is 14.2 Å². The standard InChI is InChI=1S/C15H18N2O3/c1-10(11-6-4-5-7-14(11)20-3)8-13(18)12(9-16)15(19)17-2/h4-7,10,12H,8H2,1-3H3,(H,17,19). The molecule has 0 bridgehead atoms. The fourth-order valence-corrected chi connectivity index (χ4v) is 2.02. The van der Waals surface area contributed by atoms with E-state index in [0.29, 0.717) is 5.75 Å². The van der Waals surface area contributed by atoms with Crippen LogP contribution >= 0.6 is 0 Å². The predicted molar refractivity (Wildman–Crippen MR) is 74.2 cm³/mol. The number of benzene rings is 1. The van der Waals surface area contributed by atoms with Crippen LogP contribution in [0.1, 0.15) is 24.8 Å². The van der Waals surface area contributed by atoms with Crippen LogP contribution in [-0.4, -0.2) is 25.8 Å². The summed E-state index contributed by atoms with van der Waals surface area (Å²) in [6.07, 6.45) is 0.117. The molecule has 20 heavy (non-hydrogen) atoms. The summed E-state index contributed by atoms with van der Waals surface area (Å²) in [7, 11) is 2.97. The Labute approximate surface area is 118 Å². The van der Waals surface area contributed by atoms with E-state index in [1.807, 2.05) is 31.2 Å². The molecule has 2 atom stereocenters. The topological polar surface area (TPSA) is 79.2 Å². The van der Waals surface area contributed by atoms with E-state index in [1.165, 1.54) is 7.05 Å². The summed E-state index contributed by atoms with van der Waals surface area (Å²) >= 11 is 0. The predicted octanol–water partition coefficient (Wildman–Crippen LogP) is 1.64. The number of nitriles is 1. The Morgan fingerprint density at radius 1 is 1.40 bits per heavy atom. The van der Waals surface area contributed by atoms with Gasteiger partial charge in [0.2, 0.25) is 5.91 Å². The van der Waals surface area contributed by atoms with Crippen molar-refractivity contribution < 1.29 is 14.3 Å². The third kappa shape index (κ3) is 3.58. The van der Waals surface area contributed by atoms with E-state index in [0.717, 1.165) is 5.56 Å². The number of carbonyl (C=O) groups is 2. The summed E-state index contributed by atoms with van der Waals surface area (Å²) in [4.78, 5) is 23.5. The maximum atomic E-state index is 12.0. The van der Waals surface area contributed by atoms with Crippen LogP contribution < -0.4 is 10.1 Å². The normalized spacial score (nSPS) is 12.9. The van der Waals surface area contributed by atoms with Gasteiger partial charge in [-0.25, -0.2) is 0 Å². The summed E-state index contributed by atoms with van der Waals surface area (Å²) < 4.78 is 5.25. The van der Waals surface area contributed by atoms with Gasteiger partial charge in [-0.3, -0.25) is 9.59 Å². The SMILES string of the molecule is CNC(=O)C(C#N)C(=O)CC(C)c1ccccc1OC. The molecule has 1 aromatic carbocycles. The van der Waals surface area contributed by atoms with E-state index in [1.54, 1.807) is 13.2 Å². The molecule has 1 rings (SSSR count). The highest BCUT2D eigenvalue weighted by molar-refractivity contribution is 6.04. The number of amides is 1. The van der Waals surface area contributed by atoms with Crippen molar-refractivity contribution in [2.45, 2.75) is 19.3 Å². The Morgan fingerprint density at radius 3 is 2.60 bits per heavy atom. The van der Waals surface area contributed by atoms with Crippen LogP contribution in [-0.2, 0) is 9.59 Å². The van der Waals surface area contributed by atoms with Gasteiger partial charge in [-0.05, 0) is 17.5 Å². The second kappa shape index (κ2) is 7.29. The minimum atomic E-state index is -1.25. The zero-order valence-electron chi connectivity index (χ0n) is 11.8. The highest BCUT2D eigenvalue weighted by Gasteiger charge is 2.27. The molecule has 0 aliphatic heterocycles. The molecule has 1 N–H and O–H groups in total. The number of carbonyl (C=O) groups excluding carboxylic acids is 2. The van der Waals surface area contributed by atoms with Crippen LogP contribution in [0.25, 0.3) is 0 Å². The zero-order chi connectivity index (χ0) is 15.1. The molecule has 106 valence electrons. The number of ether oxygens (including phenoxy) is 1. The lowest BCUT2D eigenvalue weighted by Gasteiger charge is -2.16. The minimum Gasteiger partial charge on any atom is -0.496 e. The highest BCUT2D eigenvalue weighted by Crippen LogP contribution is 2.29. The molecule has 0 fully saturated rings. The Kier molecular flexibility index (Phi) is 5.73. The van der Waals surface area contributed by atoms with Crippen LogP contribution in [0.4, 0.5) is 0 Å². The molecule has 0 aliphatic carbocycles. The molecule has 5 nitrogen and oxygen atoms in total. The number of para-hydroxylation sites is 1. The van der Waals surface area contributed by atoms with Crippen molar-refractivity contribution in [3.05, 3.63) is 29.8 Å². The first kappa shape index (κ1) is 15.7. The summed E-state index contributed by atoms with van der Waals surface area (Å²) in [5, 5.41) is 11.3.